The van der Waals surface area contributed by atoms with E-state index in [1.165, 1.54) is 6.39 Å². The largest absolute Gasteiger partial charge is 0.438 e. The predicted octanol–water partition coefficient (Wildman–Crippen LogP) is 1.03. The summed E-state index contributed by atoms with van der Waals surface area (Å²) in [5.41, 5.74) is 5.69. The van der Waals surface area contributed by atoms with Gasteiger partial charge in [0, 0.05) is 12.0 Å². The molecule has 0 saturated carbocycles. The first-order chi connectivity index (χ1) is 7.34. The van der Waals surface area contributed by atoms with Crippen LogP contribution in [0.4, 0.5) is 0 Å². The van der Waals surface area contributed by atoms with Crippen LogP contribution >= 0.6 is 12.2 Å². The van der Waals surface area contributed by atoms with E-state index in [2.05, 4.69) is 10.3 Å². The first-order valence-corrected chi connectivity index (χ1v) is 5.23. The predicted molar refractivity (Wildman–Crippen MR) is 64.1 cm³/mol. The van der Waals surface area contributed by atoms with Crippen molar-refractivity contribution < 1.29 is 9.21 Å². The van der Waals surface area contributed by atoms with Crippen LogP contribution in [0.2, 0.25) is 0 Å². The van der Waals surface area contributed by atoms with Crippen LogP contribution < -0.4 is 11.1 Å². The smallest absolute Gasteiger partial charge is 0.289 e. The van der Waals surface area contributed by atoms with Crippen LogP contribution in [0.25, 0.3) is 0 Å². The number of thiocarbonyl (C=S) groups is 1. The highest BCUT2D eigenvalue weighted by Gasteiger charge is 2.23. The summed E-state index contributed by atoms with van der Waals surface area (Å²) in [7, 11) is 0. The summed E-state index contributed by atoms with van der Waals surface area (Å²) in [5.74, 6) is -0.0851. The second-order valence-corrected chi connectivity index (χ2v) is 4.64. The second-order valence-electron chi connectivity index (χ2n) is 4.20. The quantitative estimate of drug-likeness (QED) is 0.769. The number of nitrogens with zero attached hydrogens (tertiary/aromatic N) is 1. The van der Waals surface area contributed by atoms with Gasteiger partial charge in [0.2, 0.25) is 5.76 Å². The Bertz CT molecular complexity index is 412. The highest BCUT2D eigenvalue weighted by atomic mass is 32.1. The number of carbonyl (C=O) groups is 1. The maximum absolute atomic E-state index is 11.7. The summed E-state index contributed by atoms with van der Waals surface area (Å²) in [5, 5.41) is 2.71. The van der Waals surface area contributed by atoms with Crippen molar-refractivity contribution in [2.24, 2.45) is 11.1 Å². The van der Waals surface area contributed by atoms with Gasteiger partial charge in [-0.3, -0.25) is 4.79 Å². The van der Waals surface area contributed by atoms with E-state index in [4.69, 9.17) is 22.4 Å². The molecule has 0 spiro atoms. The van der Waals surface area contributed by atoms with Gasteiger partial charge in [0.25, 0.3) is 5.91 Å². The van der Waals surface area contributed by atoms with Crippen molar-refractivity contribution in [2.45, 2.75) is 20.8 Å². The standard InChI is InChI=1S/C10H15N3O2S/c1-6-7(15-5-13-6)8(14)12-4-10(2,3)9(11)16/h5H,4H2,1-3H3,(H2,11,16)(H,12,14). The molecule has 1 aromatic rings. The van der Waals surface area contributed by atoms with Crippen LogP contribution in [0.15, 0.2) is 10.8 Å². The van der Waals surface area contributed by atoms with E-state index in [-0.39, 0.29) is 11.7 Å². The maximum Gasteiger partial charge on any atom is 0.289 e. The van der Waals surface area contributed by atoms with Gasteiger partial charge in [-0.2, -0.15) is 0 Å². The summed E-state index contributed by atoms with van der Waals surface area (Å²) in [4.78, 5) is 15.9. The van der Waals surface area contributed by atoms with Gasteiger partial charge < -0.3 is 15.5 Å². The Morgan fingerprint density at radius 2 is 2.31 bits per heavy atom. The molecule has 0 fully saturated rings. The number of aromatic nitrogens is 1. The van der Waals surface area contributed by atoms with E-state index in [0.717, 1.165) is 0 Å². The van der Waals surface area contributed by atoms with E-state index < -0.39 is 5.41 Å². The second kappa shape index (κ2) is 4.61. The zero-order valence-electron chi connectivity index (χ0n) is 9.53. The lowest BCUT2D eigenvalue weighted by atomic mass is 9.93. The number of hydrogen-bond donors (Lipinski definition) is 2. The number of rotatable bonds is 4. The highest BCUT2D eigenvalue weighted by Crippen LogP contribution is 2.14. The minimum atomic E-state index is -0.418. The molecule has 0 aliphatic rings. The van der Waals surface area contributed by atoms with Gasteiger partial charge in [-0.05, 0) is 6.92 Å². The van der Waals surface area contributed by atoms with E-state index in [1.807, 2.05) is 13.8 Å². The topological polar surface area (TPSA) is 81.2 Å². The lowest BCUT2D eigenvalue weighted by Crippen LogP contribution is -2.41. The highest BCUT2D eigenvalue weighted by molar-refractivity contribution is 7.80. The fraction of sp³-hybridized carbons (Fsp3) is 0.500. The Hall–Kier alpha value is -1.43. The zero-order valence-corrected chi connectivity index (χ0v) is 10.4. The maximum atomic E-state index is 11.7. The number of aryl methyl sites for hydroxylation is 1. The van der Waals surface area contributed by atoms with Crippen LogP contribution in [0.3, 0.4) is 0 Å². The lowest BCUT2D eigenvalue weighted by molar-refractivity contribution is 0.0916. The van der Waals surface area contributed by atoms with Crippen LogP contribution in [0.1, 0.15) is 30.1 Å². The molecule has 5 nitrogen and oxygen atoms in total. The minimum Gasteiger partial charge on any atom is -0.438 e. The summed E-state index contributed by atoms with van der Waals surface area (Å²) < 4.78 is 4.96. The van der Waals surface area contributed by atoms with Crippen LogP contribution in [-0.4, -0.2) is 22.4 Å². The van der Waals surface area contributed by atoms with Gasteiger partial charge in [-0.25, -0.2) is 4.98 Å². The fourth-order valence-electron chi connectivity index (χ4n) is 0.988. The third kappa shape index (κ3) is 2.79. The van der Waals surface area contributed by atoms with Crippen LogP contribution in [0.5, 0.6) is 0 Å². The summed E-state index contributed by atoms with van der Waals surface area (Å²) in [6.45, 7) is 5.80. The zero-order chi connectivity index (χ0) is 12.3. The monoisotopic (exact) mass is 241 g/mol. The SMILES string of the molecule is Cc1ncoc1C(=O)NCC(C)(C)C(N)=S. The molecule has 0 bridgehead atoms. The number of nitrogens with two attached hydrogens (primary N) is 1. The van der Waals surface area contributed by atoms with Gasteiger partial charge in [0.15, 0.2) is 6.39 Å². The van der Waals surface area contributed by atoms with Gasteiger partial charge in [0.05, 0.1) is 10.7 Å². The normalized spacial score (nSPS) is 11.2. The minimum absolute atomic E-state index is 0.221. The van der Waals surface area contributed by atoms with E-state index in [1.54, 1.807) is 6.92 Å². The molecule has 0 atom stereocenters. The molecule has 6 heteroatoms. The van der Waals surface area contributed by atoms with Crippen LogP contribution in [0, 0.1) is 12.3 Å². The number of hydrogen-bond acceptors (Lipinski definition) is 4. The molecule has 1 rings (SSSR count). The lowest BCUT2D eigenvalue weighted by Gasteiger charge is -2.22. The van der Waals surface area contributed by atoms with Gasteiger partial charge in [0.1, 0.15) is 0 Å². The van der Waals surface area contributed by atoms with Gasteiger partial charge >= 0.3 is 0 Å². The first-order valence-electron chi connectivity index (χ1n) is 4.83. The third-order valence-corrected chi connectivity index (χ3v) is 2.86. The molecule has 1 amide bonds. The Balaban J connectivity index is 2.61. The van der Waals surface area contributed by atoms with Crippen molar-refractivity contribution in [3.63, 3.8) is 0 Å². The summed E-state index contributed by atoms with van der Waals surface area (Å²) in [6.07, 6.45) is 1.24. The van der Waals surface area contributed by atoms with Crippen molar-refractivity contribution in [1.82, 2.24) is 10.3 Å². The van der Waals surface area contributed by atoms with Crippen LogP contribution in [-0.2, 0) is 0 Å². The molecule has 0 saturated heterocycles. The van der Waals surface area contributed by atoms with E-state index in [9.17, 15) is 4.79 Å². The molecule has 0 radical (unpaired) electrons. The summed E-state index contributed by atoms with van der Waals surface area (Å²) in [6, 6.07) is 0. The Morgan fingerprint density at radius 1 is 1.69 bits per heavy atom. The Morgan fingerprint density at radius 3 is 2.75 bits per heavy atom. The molecule has 0 aromatic carbocycles. The third-order valence-electron chi connectivity index (χ3n) is 2.31. The molecule has 0 aliphatic carbocycles. The number of carbonyl (C=O) groups excluding carboxylic acids is 1. The summed E-state index contributed by atoms with van der Waals surface area (Å²) >= 11 is 4.90. The molecule has 0 unspecified atom stereocenters. The number of amides is 1. The molecule has 1 aromatic heterocycles. The van der Waals surface area contributed by atoms with Gasteiger partial charge in [-0.1, -0.05) is 26.1 Å². The number of nitrogens with one attached hydrogen (secondary N) is 1. The van der Waals surface area contributed by atoms with E-state index >= 15 is 0 Å². The van der Waals surface area contributed by atoms with Crippen molar-refractivity contribution in [3.8, 4) is 0 Å². The molecule has 16 heavy (non-hydrogen) atoms. The average molecular weight is 241 g/mol. The van der Waals surface area contributed by atoms with Gasteiger partial charge in [-0.15, -0.1) is 0 Å². The van der Waals surface area contributed by atoms with E-state index in [0.29, 0.717) is 17.2 Å². The Labute approximate surface area is 99.4 Å². The first kappa shape index (κ1) is 12.6. The molecule has 0 aliphatic heterocycles. The Kier molecular flexibility index (Phi) is 3.64. The molecule has 1 heterocycles. The van der Waals surface area contributed by atoms with Crippen molar-refractivity contribution in [1.29, 1.82) is 0 Å². The van der Waals surface area contributed by atoms with Crippen molar-refractivity contribution >= 4 is 23.1 Å². The fourth-order valence-corrected chi connectivity index (χ4v) is 1.06. The number of oxazole rings is 1. The molecule has 88 valence electrons. The van der Waals surface area contributed by atoms with Crippen molar-refractivity contribution in [3.05, 3.63) is 17.8 Å². The van der Waals surface area contributed by atoms with Crippen molar-refractivity contribution in [2.75, 3.05) is 6.54 Å². The molecule has 3 N–H and O–H groups in total. The molecular formula is C10H15N3O2S. The molecular weight excluding hydrogens is 226 g/mol. The average Bonchev–Trinajstić information content (AvgIpc) is 2.61.